The first kappa shape index (κ1) is 16.0. The van der Waals surface area contributed by atoms with E-state index in [0.29, 0.717) is 5.92 Å². The summed E-state index contributed by atoms with van der Waals surface area (Å²) in [5.74, 6) is 2.89. The molecule has 0 saturated carbocycles. The van der Waals surface area contributed by atoms with Crippen LogP contribution in [0, 0.1) is 5.92 Å². The predicted molar refractivity (Wildman–Crippen MR) is 96.9 cm³/mol. The maximum absolute atomic E-state index is 4.31. The molecule has 130 valence electrons. The van der Waals surface area contributed by atoms with Gasteiger partial charge >= 0.3 is 0 Å². The second-order valence-electron chi connectivity index (χ2n) is 6.67. The fraction of sp³-hybridized carbons (Fsp3) is 0.421. The molecule has 2 aromatic heterocycles. The van der Waals surface area contributed by atoms with E-state index in [1.807, 2.05) is 12.3 Å². The van der Waals surface area contributed by atoms with Crippen molar-refractivity contribution in [2.45, 2.75) is 39.3 Å². The Labute approximate surface area is 147 Å². The average Bonchev–Trinajstić information content (AvgIpc) is 3.29. The highest BCUT2D eigenvalue weighted by molar-refractivity contribution is 5.62. The zero-order valence-electron chi connectivity index (χ0n) is 14.6. The molecule has 6 nitrogen and oxygen atoms in total. The monoisotopic (exact) mass is 336 g/mol. The smallest absolute Gasteiger partial charge is 0.133 e. The molecule has 0 fully saturated rings. The van der Waals surface area contributed by atoms with Crippen molar-refractivity contribution in [3.05, 3.63) is 53.7 Å². The van der Waals surface area contributed by atoms with Crippen LogP contribution in [-0.2, 0) is 25.9 Å². The Balaban J connectivity index is 1.36. The number of aromatic amines is 1. The summed E-state index contributed by atoms with van der Waals surface area (Å²) in [6.45, 7) is 4.99. The molecule has 3 heterocycles. The number of nitrogens with zero attached hydrogens (tertiary/aromatic N) is 4. The summed E-state index contributed by atoms with van der Waals surface area (Å²) in [6.07, 6.45) is 5.07. The van der Waals surface area contributed by atoms with E-state index in [2.05, 4.69) is 61.5 Å². The lowest BCUT2D eigenvalue weighted by atomic mass is 9.99. The van der Waals surface area contributed by atoms with Gasteiger partial charge in [-0.3, -0.25) is 5.10 Å². The van der Waals surface area contributed by atoms with Crippen molar-refractivity contribution in [2.75, 3.05) is 6.54 Å². The molecule has 1 atom stereocenters. The largest absolute Gasteiger partial charge is 0.315 e. The molecule has 0 spiro atoms. The van der Waals surface area contributed by atoms with Crippen molar-refractivity contribution in [3.63, 3.8) is 0 Å². The molecule has 0 amide bonds. The fourth-order valence-electron chi connectivity index (χ4n) is 3.59. The van der Waals surface area contributed by atoms with E-state index in [1.165, 1.54) is 17.5 Å². The minimum absolute atomic E-state index is 0.626. The number of rotatable bonds is 6. The van der Waals surface area contributed by atoms with Crippen LogP contribution in [-0.4, -0.2) is 31.5 Å². The molecule has 0 radical (unpaired) electrons. The van der Waals surface area contributed by atoms with Crippen LogP contribution in [0.1, 0.15) is 30.6 Å². The molecule has 2 N–H and O–H groups in total. The van der Waals surface area contributed by atoms with Crippen LogP contribution in [0.3, 0.4) is 0 Å². The average molecular weight is 336 g/mol. The molecule has 1 aromatic carbocycles. The number of benzene rings is 1. The van der Waals surface area contributed by atoms with E-state index in [9.17, 15) is 0 Å². The summed E-state index contributed by atoms with van der Waals surface area (Å²) >= 11 is 0. The first-order valence-electron chi connectivity index (χ1n) is 9.04. The second kappa shape index (κ2) is 7.19. The molecule has 0 bridgehead atoms. The predicted octanol–water partition coefficient (Wildman–Crippen LogP) is 2.58. The van der Waals surface area contributed by atoms with Crippen LogP contribution in [0.4, 0.5) is 0 Å². The molecule has 0 aliphatic carbocycles. The summed E-state index contributed by atoms with van der Waals surface area (Å²) in [6, 6.07) is 10.4. The van der Waals surface area contributed by atoms with Crippen LogP contribution in [0.5, 0.6) is 0 Å². The maximum atomic E-state index is 4.31. The van der Waals surface area contributed by atoms with Crippen LogP contribution in [0.15, 0.2) is 36.5 Å². The Bertz CT molecular complexity index is 806. The Morgan fingerprint density at radius 2 is 2.12 bits per heavy atom. The third-order valence-corrected chi connectivity index (χ3v) is 4.97. The molecular weight excluding hydrogens is 312 g/mol. The zero-order valence-corrected chi connectivity index (χ0v) is 14.6. The first-order chi connectivity index (χ1) is 12.3. The van der Waals surface area contributed by atoms with E-state index in [4.69, 9.17) is 0 Å². The molecule has 3 aromatic rings. The van der Waals surface area contributed by atoms with Gasteiger partial charge in [0.1, 0.15) is 11.6 Å². The number of hydrogen-bond acceptors (Lipinski definition) is 4. The van der Waals surface area contributed by atoms with Gasteiger partial charge in [0.25, 0.3) is 0 Å². The molecule has 0 unspecified atom stereocenters. The van der Waals surface area contributed by atoms with Gasteiger partial charge < -0.3 is 9.88 Å². The molecule has 4 rings (SSSR count). The van der Waals surface area contributed by atoms with E-state index in [1.54, 1.807) is 0 Å². The van der Waals surface area contributed by atoms with Gasteiger partial charge in [-0.1, -0.05) is 37.3 Å². The Morgan fingerprint density at radius 1 is 1.24 bits per heavy atom. The first-order valence-corrected chi connectivity index (χ1v) is 9.04. The molecule has 0 saturated heterocycles. The van der Waals surface area contributed by atoms with Gasteiger partial charge in [-0.15, -0.1) is 10.2 Å². The highest BCUT2D eigenvalue weighted by atomic mass is 15.3. The van der Waals surface area contributed by atoms with Crippen LogP contribution < -0.4 is 5.32 Å². The molecule has 1 aliphatic heterocycles. The molecule has 1 aliphatic rings. The quantitative estimate of drug-likeness (QED) is 0.726. The number of nitrogens with one attached hydrogen (secondary N) is 2. The van der Waals surface area contributed by atoms with Crippen molar-refractivity contribution in [1.82, 2.24) is 30.3 Å². The minimum Gasteiger partial charge on any atom is -0.315 e. The van der Waals surface area contributed by atoms with Gasteiger partial charge in [0, 0.05) is 31.5 Å². The van der Waals surface area contributed by atoms with E-state index in [0.717, 1.165) is 49.8 Å². The maximum Gasteiger partial charge on any atom is 0.133 e. The van der Waals surface area contributed by atoms with Crippen molar-refractivity contribution < 1.29 is 0 Å². The topological polar surface area (TPSA) is 71.4 Å². The van der Waals surface area contributed by atoms with Gasteiger partial charge in [-0.25, -0.2) is 0 Å². The standard InChI is InChI=1S/C19H24N6/c1-2-17-22-23-18-9-8-14(13-25(17)18)10-20-11-16-12-21-24-19(16)15-6-4-3-5-7-15/h3-7,12,14,20H,2,8-11,13H2,1H3,(H,21,24)/t14-/m0/s1. The minimum atomic E-state index is 0.626. The Hall–Kier alpha value is -2.47. The van der Waals surface area contributed by atoms with Crippen molar-refractivity contribution >= 4 is 0 Å². The van der Waals surface area contributed by atoms with E-state index < -0.39 is 0 Å². The number of aromatic nitrogens is 5. The highest BCUT2D eigenvalue weighted by Gasteiger charge is 2.22. The zero-order chi connectivity index (χ0) is 17.1. The number of hydrogen-bond donors (Lipinski definition) is 2. The normalized spacial score (nSPS) is 16.8. The van der Waals surface area contributed by atoms with E-state index in [-0.39, 0.29) is 0 Å². The van der Waals surface area contributed by atoms with Gasteiger partial charge in [-0.05, 0) is 24.4 Å². The SMILES string of the molecule is CCc1nnc2n1C[C@H](CNCc1cn[nH]c1-c1ccccc1)CC2. The third kappa shape index (κ3) is 3.35. The van der Waals surface area contributed by atoms with Crippen molar-refractivity contribution in [3.8, 4) is 11.3 Å². The van der Waals surface area contributed by atoms with Crippen molar-refractivity contribution in [2.24, 2.45) is 5.92 Å². The number of fused-ring (bicyclic) bond motifs is 1. The summed E-state index contributed by atoms with van der Waals surface area (Å²) in [4.78, 5) is 0. The molecular formula is C19H24N6. The Kier molecular flexibility index (Phi) is 4.61. The molecule has 6 heteroatoms. The fourth-order valence-corrected chi connectivity index (χ4v) is 3.59. The summed E-state index contributed by atoms with van der Waals surface area (Å²) in [7, 11) is 0. The lowest BCUT2D eigenvalue weighted by Crippen LogP contribution is -2.30. The summed E-state index contributed by atoms with van der Waals surface area (Å²) < 4.78 is 2.31. The van der Waals surface area contributed by atoms with Crippen LogP contribution >= 0.6 is 0 Å². The molecule has 25 heavy (non-hydrogen) atoms. The summed E-state index contributed by atoms with van der Waals surface area (Å²) in [5.41, 5.74) is 3.49. The number of aryl methyl sites for hydroxylation is 2. The van der Waals surface area contributed by atoms with Crippen molar-refractivity contribution in [1.29, 1.82) is 0 Å². The highest BCUT2D eigenvalue weighted by Crippen LogP contribution is 2.22. The van der Waals surface area contributed by atoms with Crippen LogP contribution in [0.2, 0.25) is 0 Å². The second-order valence-corrected chi connectivity index (χ2v) is 6.67. The lowest BCUT2D eigenvalue weighted by molar-refractivity contribution is 0.342. The summed E-state index contributed by atoms with van der Waals surface area (Å²) in [5, 5.41) is 19.6. The lowest BCUT2D eigenvalue weighted by Gasteiger charge is -2.24. The van der Waals surface area contributed by atoms with Gasteiger partial charge in [-0.2, -0.15) is 5.10 Å². The van der Waals surface area contributed by atoms with E-state index >= 15 is 0 Å². The number of H-pyrrole nitrogens is 1. The third-order valence-electron chi connectivity index (χ3n) is 4.97. The van der Waals surface area contributed by atoms with Crippen LogP contribution in [0.25, 0.3) is 11.3 Å². The Morgan fingerprint density at radius 3 is 2.96 bits per heavy atom. The van der Waals surface area contributed by atoms with Gasteiger partial charge in [0.2, 0.25) is 0 Å². The van der Waals surface area contributed by atoms with Gasteiger partial charge in [0.05, 0.1) is 11.9 Å². The van der Waals surface area contributed by atoms with Gasteiger partial charge in [0.15, 0.2) is 0 Å².